The Morgan fingerprint density at radius 2 is 1.60 bits per heavy atom. The van der Waals surface area contributed by atoms with E-state index < -0.39 is 0 Å². The Morgan fingerprint density at radius 1 is 0.950 bits per heavy atom. The van der Waals surface area contributed by atoms with Crippen LogP contribution < -0.4 is 16.4 Å². The van der Waals surface area contributed by atoms with Gasteiger partial charge in [0.2, 0.25) is 0 Å². The number of nitrogens with one attached hydrogen (secondary N) is 2. The number of hydrogen-bond donors (Lipinski definition) is 3. The molecule has 0 aliphatic heterocycles. The Morgan fingerprint density at radius 3 is 2.25 bits per heavy atom. The number of urea groups is 1. The largest absolute Gasteiger partial charge is 0.334 e. The van der Waals surface area contributed by atoms with Crippen molar-refractivity contribution in [3.8, 4) is 0 Å². The predicted molar refractivity (Wildman–Crippen MR) is 81.5 cm³/mol. The van der Waals surface area contributed by atoms with Crippen LogP contribution in [0.15, 0.2) is 54.6 Å². The molecule has 2 amide bonds. The fourth-order valence-electron chi connectivity index (χ4n) is 1.87. The van der Waals surface area contributed by atoms with Crippen LogP contribution in [-0.2, 0) is 13.0 Å². The molecule has 2 aromatic carbocycles. The molecule has 4 nitrogen and oxygen atoms in total. The molecular weight excluding hydrogens is 250 g/mol. The Kier molecular flexibility index (Phi) is 5.15. The second-order valence-electron chi connectivity index (χ2n) is 4.53. The molecule has 0 aliphatic carbocycles. The van der Waals surface area contributed by atoms with Gasteiger partial charge in [0.05, 0.1) is 0 Å². The molecular formula is C16H19N3O. The molecule has 4 N–H and O–H groups in total. The molecule has 0 saturated carbocycles. The molecule has 0 aromatic heterocycles. The van der Waals surface area contributed by atoms with Gasteiger partial charge in [-0.25, -0.2) is 4.79 Å². The monoisotopic (exact) mass is 269 g/mol. The number of amides is 2. The van der Waals surface area contributed by atoms with Gasteiger partial charge in [0.25, 0.3) is 0 Å². The Bertz CT molecular complexity index is 537. The van der Waals surface area contributed by atoms with Crippen molar-refractivity contribution in [2.75, 3.05) is 11.9 Å². The molecule has 0 atom stereocenters. The molecule has 0 aliphatic rings. The van der Waals surface area contributed by atoms with Gasteiger partial charge in [0, 0.05) is 12.2 Å². The number of carbonyl (C=O) groups excluding carboxylic acids is 1. The van der Waals surface area contributed by atoms with Gasteiger partial charge in [0.15, 0.2) is 0 Å². The van der Waals surface area contributed by atoms with Gasteiger partial charge in [-0.1, -0.05) is 42.5 Å². The highest BCUT2D eigenvalue weighted by molar-refractivity contribution is 5.89. The summed E-state index contributed by atoms with van der Waals surface area (Å²) in [5, 5.41) is 5.60. The summed E-state index contributed by atoms with van der Waals surface area (Å²) in [5.74, 6) is 0. The van der Waals surface area contributed by atoms with Crippen LogP contribution in [0.2, 0.25) is 0 Å². The minimum atomic E-state index is -0.206. The lowest BCUT2D eigenvalue weighted by Gasteiger charge is -2.08. The first kappa shape index (κ1) is 14.1. The van der Waals surface area contributed by atoms with E-state index in [1.54, 1.807) is 0 Å². The Balaban J connectivity index is 1.81. The van der Waals surface area contributed by atoms with E-state index in [1.807, 2.05) is 54.6 Å². The average Bonchev–Trinajstić information content (AvgIpc) is 2.48. The molecule has 0 unspecified atom stereocenters. The molecule has 4 heteroatoms. The van der Waals surface area contributed by atoms with Crippen molar-refractivity contribution in [3.05, 3.63) is 65.7 Å². The highest BCUT2D eigenvalue weighted by Gasteiger charge is 2.01. The van der Waals surface area contributed by atoms with E-state index in [1.165, 1.54) is 5.56 Å². The van der Waals surface area contributed by atoms with Crippen LogP contribution in [0, 0.1) is 0 Å². The summed E-state index contributed by atoms with van der Waals surface area (Å²) in [5.41, 5.74) is 8.56. The number of carbonyl (C=O) groups is 1. The van der Waals surface area contributed by atoms with Crippen LogP contribution in [0.4, 0.5) is 10.5 Å². The first-order valence-electron chi connectivity index (χ1n) is 6.66. The van der Waals surface area contributed by atoms with Crippen LogP contribution in [0.3, 0.4) is 0 Å². The van der Waals surface area contributed by atoms with Crippen LogP contribution >= 0.6 is 0 Å². The number of nitrogens with two attached hydrogens (primary N) is 1. The quantitative estimate of drug-likeness (QED) is 0.780. The molecule has 0 radical (unpaired) electrons. The van der Waals surface area contributed by atoms with Gasteiger partial charge in [-0.15, -0.1) is 0 Å². The fourth-order valence-corrected chi connectivity index (χ4v) is 1.87. The van der Waals surface area contributed by atoms with Gasteiger partial charge in [-0.05, 0) is 36.2 Å². The third-order valence-corrected chi connectivity index (χ3v) is 2.94. The molecule has 104 valence electrons. The van der Waals surface area contributed by atoms with E-state index in [0.717, 1.165) is 17.7 Å². The fraction of sp³-hybridized carbons (Fsp3) is 0.188. The lowest BCUT2D eigenvalue weighted by atomic mass is 10.1. The summed E-state index contributed by atoms with van der Waals surface area (Å²) in [6, 6.07) is 17.3. The third-order valence-electron chi connectivity index (χ3n) is 2.94. The van der Waals surface area contributed by atoms with E-state index in [2.05, 4.69) is 10.6 Å². The maximum absolute atomic E-state index is 11.7. The minimum Gasteiger partial charge on any atom is -0.334 e. The molecule has 0 spiro atoms. The lowest BCUT2D eigenvalue weighted by Crippen LogP contribution is -2.28. The number of rotatable bonds is 5. The van der Waals surface area contributed by atoms with Gasteiger partial charge in [-0.3, -0.25) is 0 Å². The summed E-state index contributed by atoms with van der Waals surface area (Å²) >= 11 is 0. The topological polar surface area (TPSA) is 67.1 Å². The number of anilines is 1. The van der Waals surface area contributed by atoms with Crippen molar-refractivity contribution >= 4 is 11.7 Å². The van der Waals surface area contributed by atoms with E-state index in [0.29, 0.717) is 13.1 Å². The van der Waals surface area contributed by atoms with Gasteiger partial charge < -0.3 is 16.4 Å². The molecule has 20 heavy (non-hydrogen) atoms. The number of hydrogen-bond acceptors (Lipinski definition) is 2. The molecule has 0 fully saturated rings. The smallest absolute Gasteiger partial charge is 0.319 e. The molecule has 2 aromatic rings. The normalized spacial score (nSPS) is 10.1. The van der Waals surface area contributed by atoms with Crippen LogP contribution in [0.1, 0.15) is 11.1 Å². The van der Waals surface area contributed by atoms with E-state index in [-0.39, 0.29) is 6.03 Å². The summed E-state index contributed by atoms with van der Waals surface area (Å²) in [4.78, 5) is 11.7. The zero-order valence-corrected chi connectivity index (χ0v) is 11.3. The van der Waals surface area contributed by atoms with Crippen molar-refractivity contribution < 1.29 is 4.79 Å². The van der Waals surface area contributed by atoms with E-state index >= 15 is 0 Å². The Labute approximate surface area is 119 Å². The van der Waals surface area contributed by atoms with Crippen LogP contribution in [-0.4, -0.2) is 12.6 Å². The van der Waals surface area contributed by atoms with Crippen molar-refractivity contribution in [1.82, 2.24) is 5.32 Å². The minimum absolute atomic E-state index is 0.206. The summed E-state index contributed by atoms with van der Waals surface area (Å²) in [6.45, 7) is 1.15. The van der Waals surface area contributed by atoms with Gasteiger partial charge in [-0.2, -0.15) is 0 Å². The zero-order valence-electron chi connectivity index (χ0n) is 11.3. The second-order valence-corrected chi connectivity index (χ2v) is 4.53. The Hall–Kier alpha value is -2.33. The maximum atomic E-state index is 11.7. The van der Waals surface area contributed by atoms with E-state index in [4.69, 9.17) is 5.73 Å². The molecule has 0 heterocycles. The average molecular weight is 269 g/mol. The number of benzene rings is 2. The first-order valence-corrected chi connectivity index (χ1v) is 6.66. The molecule has 0 saturated heterocycles. The second kappa shape index (κ2) is 7.31. The summed E-state index contributed by atoms with van der Waals surface area (Å²) in [7, 11) is 0. The van der Waals surface area contributed by atoms with Crippen molar-refractivity contribution in [1.29, 1.82) is 0 Å². The van der Waals surface area contributed by atoms with Crippen molar-refractivity contribution in [2.24, 2.45) is 5.73 Å². The maximum Gasteiger partial charge on any atom is 0.319 e. The zero-order chi connectivity index (χ0) is 14.2. The van der Waals surface area contributed by atoms with Gasteiger partial charge in [0.1, 0.15) is 0 Å². The van der Waals surface area contributed by atoms with Crippen molar-refractivity contribution in [3.63, 3.8) is 0 Å². The van der Waals surface area contributed by atoms with Gasteiger partial charge >= 0.3 is 6.03 Å². The number of para-hydroxylation sites is 1. The van der Waals surface area contributed by atoms with Crippen molar-refractivity contribution in [2.45, 2.75) is 13.0 Å². The highest BCUT2D eigenvalue weighted by atomic mass is 16.2. The SMILES string of the molecule is NCCc1ccc(CNC(=O)Nc2ccccc2)cc1. The summed E-state index contributed by atoms with van der Waals surface area (Å²) < 4.78 is 0. The third kappa shape index (κ3) is 4.40. The predicted octanol–water partition coefficient (Wildman–Crippen LogP) is 2.51. The van der Waals surface area contributed by atoms with Crippen LogP contribution in [0.5, 0.6) is 0 Å². The summed E-state index contributed by atoms with van der Waals surface area (Å²) in [6.07, 6.45) is 0.877. The first-order chi connectivity index (χ1) is 9.78. The standard InChI is InChI=1S/C16H19N3O/c17-11-10-13-6-8-14(9-7-13)12-18-16(20)19-15-4-2-1-3-5-15/h1-9H,10-12,17H2,(H2,18,19,20). The molecule has 2 rings (SSSR count). The van der Waals surface area contributed by atoms with Crippen LogP contribution in [0.25, 0.3) is 0 Å². The highest BCUT2D eigenvalue weighted by Crippen LogP contribution is 2.06. The molecule has 0 bridgehead atoms. The lowest BCUT2D eigenvalue weighted by molar-refractivity contribution is 0.251. The van der Waals surface area contributed by atoms with E-state index in [9.17, 15) is 4.79 Å².